The second-order valence-electron chi connectivity index (χ2n) is 9.71. The lowest BCUT2D eigenvalue weighted by Gasteiger charge is -2.39. The molecule has 0 unspecified atom stereocenters. The molecule has 18 heteroatoms. The highest BCUT2D eigenvalue weighted by molar-refractivity contribution is 7.81. The molecular weight excluding hydrogens is 671 g/mol. The molecule has 0 saturated heterocycles. The monoisotopic (exact) mass is 696 g/mol. The van der Waals surface area contributed by atoms with Crippen molar-refractivity contribution in [2.24, 2.45) is 5.92 Å². The maximum absolute atomic E-state index is 12.7. The second-order valence-corrected chi connectivity index (χ2v) is 12.5. The molecule has 0 saturated carbocycles. The fourth-order valence-corrected chi connectivity index (χ4v) is 6.37. The summed E-state index contributed by atoms with van der Waals surface area (Å²) in [5, 5.41) is 10.9. The minimum Gasteiger partial charge on any atom is -0.406 e. The van der Waals surface area contributed by atoms with E-state index >= 15 is 0 Å². The van der Waals surface area contributed by atoms with Crippen LogP contribution in [0.5, 0.6) is 11.5 Å². The zero-order valence-electron chi connectivity index (χ0n) is 23.4. The van der Waals surface area contributed by atoms with Gasteiger partial charge in [-0.2, -0.15) is 0 Å². The van der Waals surface area contributed by atoms with Crippen LogP contribution in [-0.2, 0) is 0 Å². The van der Waals surface area contributed by atoms with Gasteiger partial charge in [0, 0.05) is 25.2 Å². The summed E-state index contributed by atoms with van der Waals surface area (Å²) in [6.07, 6.45) is -8.04. The smallest absolute Gasteiger partial charge is 0.406 e. The molecule has 4 rings (SSSR count). The predicted molar refractivity (Wildman–Crippen MR) is 168 cm³/mol. The summed E-state index contributed by atoms with van der Waals surface area (Å²) in [7, 11) is 0. The van der Waals surface area contributed by atoms with Crippen LogP contribution < -0.4 is 20.1 Å². The van der Waals surface area contributed by atoms with Crippen molar-refractivity contribution in [3.05, 3.63) is 36.4 Å². The van der Waals surface area contributed by atoms with Crippen LogP contribution in [0.2, 0.25) is 0 Å². The van der Waals surface area contributed by atoms with Gasteiger partial charge in [0.05, 0.1) is 20.4 Å². The Hall–Kier alpha value is -3.22. The van der Waals surface area contributed by atoms with Crippen LogP contribution >= 0.6 is 47.1 Å². The first kappa shape index (κ1) is 33.7. The fourth-order valence-electron chi connectivity index (χ4n) is 3.90. The molecule has 0 bridgehead atoms. The third-order valence-corrected chi connectivity index (χ3v) is 8.13. The summed E-state index contributed by atoms with van der Waals surface area (Å²) < 4.78 is 85.0. The molecule has 44 heavy (non-hydrogen) atoms. The molecule has 8 nitrogen and oxygen atoms in total. The molecule has 2 aromatic heterocycles. The highest BCUT2D eigenvalue weighted by Gasteiger charge is 2.32. The van der Waals surface area contributed by atoms with Gasteiger partial charge in [-0.15, -0.1) is 26.3 Å². The summed E-state index contributed by atoms with van der Waals surface area (Å²) in [5.41, 5.74) is 0.927. The van der Waals surface area contributed by atoms with Crippen LogP contribution in [0.1, 0.15) is 33.6 Å². The Labute approximate surface area is 266 Å². The number of anilines is 2. The minimum atomic E-state index is -4.82. The number of thiocarbonyl (C=S) groups is 2. The number of rotatable bonds is 9. The van der Waals surface area contributed by atoms with Gasteiger partial charge >= 0.3 is 12.7 Å². The highest BCUT2D eigenvalue weighted by atomic mass is 32.1. The number of fused-ring (bicyclic) bond motifs is 2. The van der Waals surface area contributed by atoms with Crippen LogP contribution in [-0.4, -0.2) is 56.0 Å². The van der Waals surface area contributed by atoms with E-state index in [9.17, 15) is 26.3 Å². The van der Waals surface area contributed by atoms with Gasteiger partial charge in [-0.3, -0.25) is 10.0 Å². The number of hydrogen-bond donors (Lipinski definition) is 2. The van der Waals surface area contributed by atoms with E-state index in [2.05, 4.69) is 30.1 Å². The number of aromatic nitrogens is 2. The van der Waals surface area contributed by atoms with Gasteiger partial charge in [-0.1, -0.05) is 49.9 Å². The number of nitrogens with one attached hydrogen (secondary N) is 2. The van der Waals surface area contributed by atoms with Crippen molar-refractivity contribution in [3.63, 3.8) is 0 Å². The molecule has 0 radical (unpaired) electrons. The quantitative estimate of drug-likeness (QED) is 0.101. The van der Waals surface area contributed by atoms with Crippen molar-refractivity contribution in [1.82, 2.24) is 20.0 Å². The normalized spacial score (nSPS) is 12.0. The van der Waals surface area contributed by atoms with E-state index in [0.29, 0.717) is 43.8 Å². The summed E-state index contributed by atoms with van der Waals surface area (Å²) in [6, 6.07) is 7.73. The molecule has 0 aliphatic carbocycles. The lowest BCUT2D eigenvalue weighted by Crippen LogP contribution is -2.54. The number of ether oxygens (including phenoxy) is 2. The van der Waals surface area contributed by atoms with Crippen molar-refractivity contribution < 1.29 is 35.8 Å². The number of hydrazine groups is 1. The van der Waals surface area contributed by atoms with Gasteiger partial charge in [-0.25, -0.2) is 9.97 Å². The van der Waals surface area contributed by atoms with Gasteiger partial charge in [0.1, 0.15) is 11.5 Å². The topological polar surface area (TPSA) is 74.8 Å². The van der Waals surface area contributed by atoms with Gasteiger partial charge in [0.15, 0.2) is 20.5 Å². The molecule has 0 aliphatic rings. The molecule has 2 N–H and O–H groups in total. The van der Waals surface area contributed by atoms with Gasteiger partial charge in [0.2, 0.25) is 0 Å². The van der Waals surface area contributed by atoms with E-state index in [0.717, 1.165) is 35.5 Å². The van der Waals surface area contributed by atoms with Crippen LogP contribution in [0.15, 0.2) is 36.4 Å². The number of halogens is 6. The molecule has 0 atom stereocenters. The first-order valence-corrected chi connectivity index (χ1v) is 15.5. The van der Waals surface area contributed by atoms with E-state index in [1.54, 1.807) is 10.0 Å². The zero-order valence-corrected chi connectivity index (χ0v) is 26.6. The van der Waals surface area contributed by atoms with Crippen LogP contribution in [0.25, 0.3) is 20.4 Å². The van der Waals surface area contributed by atoms with E-state index in [1.807, 2.05) is 20.8 Å². The summed E-state index contributed by atoms with van der Waals surface area (Å²) in [4.78, 5) is 8.88. The number of unbranched alkanes of at least 4 members (excludes halogenated alkanes) is 1. The third-order valence-electron chi connectivity index (χ3n) is 5.64. The second kappa shape index (κ2) is 13.8. The number of thiazole rings is 2. The Kier molecular flexibility index (Phi) is 10.6. The molecule has 0 aliphatic heterocycles. The van der Waals surface area contributed by atoms with Gasteiger partial charge in [0.25, 0.3) is 0 Å². The van der Waals surface area contributed by atoms with Crippen molar-refractivity contribution in [2.45, 2.75) is 46.3 Å². The number of alkyl halides is 6. The Morgan fingerprint density at radius 1 is 0.818 bits per heavy atom. The minimum absolute atomic E-state index is 0.133. The molecule has 0 amide bonds. The lowest BCUT2D eigenvalue weighted by molar-refractivity contribution is -0.275. The van der Waals surface area contributed by atoms with Crippen molar-refractivity contribution >= 4 is 88.0 Å². The van der Waals surface area contributed by atoms with Crippen LogP contribution in [0.3, 0.4) is 0 Å². The van der Waals surface area contributed by atoms with E-state index in [4.69, 9.17) is 24.4 Å². The first-order chi connectivity index (χ1) is 20.6. The number of hydrogen-bond acceptors (Lipinski definition) is 8. The molecule has 0 fully saturated rings. The Morgan fingerprint density at radius 3 is 1.68 bits per heavy atom. The third kappa shape index (κ3) is 9.39. The van der Waals surface area contributed by atoms with Crippen molar-refractivity contribution in [2.75, 3.05) is 23.7 Å². The predicted octanol–water partition coefficient (Wildman–Crippen LogP) is 8.77. The zero-order chi connectivity index (χ0) is 32.2. The molecule has 2 heterocycles. The van der Waals surface area contributed by atoms with Crippen molar-refractivity contribution in [3.8, 4) is 11.5 Å². The molecule has 4 aromatic rings. The summed E-state index contributed by atoms with van der Waals surface area (Å²) >= 11 is 13.7. The molecule has 0 spiro atoms. The van der Waals surface area contributed by atoms with E-state index in [-0.39, 0.29) is 27.6 Å². The summed E-state index contributed by atoms with van der Waals surface area (Å²) in [6.45, 7) is 6.94. The highest BCUT2D eigenvalue weighted by Crippen LogP contribution is 2.33. The maximum Gasteiger partial charge on any atom is 0.573 e. The van der Waals surface area contributed by atoms with E-state index < -0.39 is 12.7 Å². The van der Waals surface area contributed by atoms with Crippen molar-refractivity contribution in [1.29, 1.82) is 0 Å². The lowest BCUT2D eigenvalue weighted by atomic mass is 10.2. The largest absolute Gasteiger partial charge is 0.573 e. The summed E-state index contributed by atoms with van der Waals surface area (Å²) in [5.74, 6) is -0.579. The Bertz CT molecular complexity index is 1620. The van der Waals surface area contributed by atoms with Crippen LogP contribution in [0.4, 0.5) is 36.6 Å². The Morgan fingerprint density at radius 2 is 1.27 bits per heavy atom. The standard InChI is InChI=1S/C26H26F6N6O2S4/c1-4-5-10-37(23(41)35-21-33-17-8-6-15(11-19(17)43-21)39-25(27,28)29)38(13-14(2)3)24(42)36-22-34-18-9-7-16(12-20(18)44-22)40-26(30,31)32/h6-9,11-12,14H,4-5,10,13H2,1-3H3,(H,33,35,41)(H,34,36,42). The number of nitrogens with zero attached hydrogens (tertiary/aromatic N) is 4. The van der Waals surface area contributed by atoms with Gasteiger partial charge in [-0.05, 0) is 61.0 Å². The fraction of sp³-hybridized carbons (Fsp3) is 0.385. The van der Waals surface area contributed by atoms with Gasteiger partial charge < -0.3 is 20.1 Å². The average Bonchev–Trinajstić information content (AvgIpc) is 3.48. The SMILES string of the molecule is CCCCN(C(=S)Nc1nc2ccc(OC(F)(F)F)cc2s1)N(CC(C)C)C(=S)Nc1nc2ccc(OC(F)(F)F)cc2s1. The number of benzene rings is 2. The Balaban J connectivity index is 1.55. The molecule has 2 aromatic carbocycles. The molecule has 238 valence electrons. The average molecular weight is 697 g/mol. The van der Waals surface area contributed by atoms with Crippen LogP contribution in [0, 0.1) is 5.92 Å². The van der Waals surface area contributed by atoms with E-state index in [1.165, 1.54) is 36.4 Å². The maximum atomic E-state index is 12.7. The first-order valence-electron chi connectivity index (χ1n) is 13.1. The molecular formula is C26H26F6N6O2S4.